The van der Waals surface area contributed by atoms with Crippen molar-refractivity contribution in [1.82, 2.24) is 10.3 Å². The zero-order chi connectivity index (χ0) is 15.4. The molecule has 0 aliphatic heterocycles. The molecule has 0 amide bonds. The molecule has 0 bridgehead atoms. The first kappa shape index (κ1) is 16.0. The summed E-state index contributed by atoms with van der Waals surface area (Å²) in [7, 11) is 0. The van der Waals surface area contributed by atoms with E-state index in [-0.39, 0.29) is 11.1 Å². The first-order valence-corrected chi connectivity index (χ1v) is 7.35. The molecule has 3 N–H and O–H groups in total. The normalized spacial score (nSPS) is 12.4. The largest absolute Gasteiger partial charge is 0.383 e. The number of nitrogens with two attached hydrogens (primary N) is 1. The number of anilines is 1. The summed E-state index contributed by atoms with van der Waals surface area (Å²) >= 11 is 11.8. The Morgan fingerprint density at radius 3 is 2.86 bits per heavy atom. The topological polar surface area (TPSA) is 50.9 Å². The number of nitrogens with one attached hydrogen (secondary N) is 1. The van der Waals surface area contributed by atoms with Crippen LogP contribution in [-0.4, -0.2) is 11.5 Å². The molecule has 0 saturated heterocycles. The Bertz CT molecular complexity index is 634. The third-order valence-corrected chi connectivity index (χ3v) is 3.70. The van der Waals surface area contributed by atoms with Crippen molar-refractivity contribution < 1.29 is 4.39 Å². The first-order valence-electron chi connectivity index (χ1n) is 6.60. The number of likely N-dealkylation sites (N-methyl/N-ethyl adjacent to an activating group) is 1. The van der Waals surface area contributed by atoms with Crippen molar-refractivity contribution in [2.75, 3.05) is 12.3 Å². The van der Waals surface area contributed by atoms with E-state index in [0.717, 1.165) is 5.56 Å². The zero-order valence-corrected chi connectivity index (χ0v) is 13.0. The average Bonchev–Trinajstić information content (AvgIpc) is 2.46. The van der Waals surface area contributed by atoms with Crippen molar-refractivity contribution in [3.8, 4) is 0 Å². The van der Waals surface area contributed by atoms with Gasteiger partial charge < -0.3 is 11.1 Å². The molecule has 1 aromatic carbocycles. The molecule has 2 aromatic rings. The molecule has 1 heterocycles. The van der Waals surface area contributed by atoms with Gasteiger partial charge in [0.05, 0.1) is 10.0 Å². The molecule has 21 heavy (non-hydrogen) atoms. The second kappa shape index (κ2) is 7.07. The van der Waals surface area contributed by atoms with Gasteiger partial charge >= 0.3 is 0 Å². The number of pyridine rings is 1. The predicted molar refractivity (Wildman–Crippen MR) is 85.2 cm³/mol. The zero-order valence-electron chi connectivity index (χ0n) is 11.5. The van der Waals surface area contributed by atoms with E-state index in [0.29, 0.717) is 29.4 Å². The van der Waals surface area contributed by atoms with Crippen molar-refractivity contribution in [2.24, 2.45) is 0 Å². The summed E-state index contributed by atoms with van der Waals surface area (Å²) in [5.41, 5.74) is 7.19. The standard InChI is InChI=1S/C15H16Cl2FN3/c1-2-20-13(11-7-10(16)8-21-15(11)19)6-9-4-3-5-12(17)14(9)18/h3-5,7-8,13,20H,2,6H2,1H3,(H2,19,21). The van der Waals surface area contributed by atoms with Gasteiger partial charge in [0.25, 0.3) is 0 Å². The van der Waals surface area contributed by atoms with Crippen molar-refractivity contribution in [2.45, 2.75) is 19.4 Å². The summed E-state index contributed by atoms with van der Waals surface area (Å²) in [6.07, 6.45) is 1.90. The Morgan fingerprint density at radius 2 is 2.14 bits per heavy atom. The lowest BCUT2D eigenvalue weighted by atomic mass is 9.99. The molecule has 0 saturated carbocycles. The molecule has 3 nitrogen and oxygen atoms in total. The smallest absolute Gasteiger partial charge is 0.145 e. The number of rotatable bonds is 5. The van der Waals surface area contributed by atoms with E-state index < -0.39 is 5.82 Å². The second-order valence-corrected chi connectivity index (χ2v) is 5.50. The average molecular weight is 328 g/mol. The minimum absolute atomic E-state index is 0.111. The number of hydrogen-bond acceptors (Lipinski definition) is 3. The van der Waals surface area contributed by atoms with Gasteiger partial charge in [-0.25, -0.2) is 9.37 Å². The molecule has 1 aromatic heterocycles. The van der Waals surface area contributed by atoms with Crippen LogP contribution in [-0.2, 0) is 6.42 Å². The van der Waals surface area contributed by atoms with Gasteiger partial charge in [-0.3, -0.25) is 0 Å². The SMILES string of the molecule is CCNC(Cc1cccc(Cl)c1F)c1cc(Cl)cnc1N. The van der Waals surface area contributed by atoms with Gasteiger partial charge in [0.2, 0.25) is 0 Å². The van der Waals surface area contributed by atoms with Crippen LogP contribution in [0.3, 0.4) is 0 Å². The van der Waals surface area contributed by atoms with Crippen LogP contribution in [0.5, 0.6) is 0 Å². The number of hydrogen-bond donors (Lipinski definition) is 2. The van der Waals surface area contributed by atoms with Crippen LogP contribution in [0.2, 0.25) is 10.0 Å². The summed E-state index contributed by atoms with van der Waals surface area (Å²) in [4.78, 5) is 4.05. The molecule has 0 aliphatic carbocycles. The van der Waals surface area contributed by atoms with E-state index in [4.69, 9.17) is 28.9 Å². The maximum atomic E-state index is 14.1. The molecular formula is C15H16Cl2FN3. The van der Waals surface area contributed by atoms with Gasteiger partial charge in [-0.2, -0.15) is 0 Å². The summed E-state index contributed by atoms with van der Waals surface area (Å²) in [6, 6.07) is 6.52. The van der Waals surface area contributed by atoms with Crippen molar-refractivity contribution in [3.05, 3.63) is 57.5 Å². The lowest BCUT2D eigenvalue weighted by Gasteiger charge is -2.20. The van der Waals surface area contributed by atoms with Crippen molar-refractivity contribution >= 4 is 29.0 Å². The Hall–Kier alpha value is -1.36. The third kappa shape index (κ3) is 3.84. The minimum Gasteiger partial charge on any atom is -0.383 e. The highest BCUT2D eigenvalue weighted by molar-refractivity contribution is 6.31. The molecule has 0 aliphatic rings. The van der Waals surface area contributed by atoms with Crippen LogP contribution >= 0.6 is 23.2 Å². The number of aromatic nitrogens is 1. The monoisotopic (exact) mass is 327 g/mol. The van der Waals surface area contributed by atoms with Crippen LogP contribution in [0.25, 0.3) is 0 Å². The fraction of sp³-hybridized carbons (Fsp3) is 0.267. The molecule has 1 atom stereocenters. The fourth-order valence-electron chi connectivity index (χ4n) is 2.21. The van der Waals surface area contributed by atoms with Crippen molar-refractivity contribution in [1.29, 1.82) is 0 Å². The van der Waals surface area contributed by atoms with Crippen LogP contribution in [0.1, 0.15) is 24.1 Å². The molecule has 1 unspecified atom stereocenters. The van der Waals surface area contributed by atoms with Crippen LogP contribution in [0.4, 0.5) is 10.2 Å². The van der Waals surface area contributed by atoms with Crippen LogP contribution in [0.15, 0.2) is 30.5 Å². The van der Waals surface area contributed by atoms with E-state index in [2.05, 4.69) is 10.3 Å². The highest BCUT2D eigenvalue weighted by Gasteiger charge is 2.18. The summed E-state index contributed by atoms with van der Waals surface area (Å²) in [6.45, 7) is 2.67. The van der Waals surface area contributed by atoms with Gasteiger partial charge in [-0.15, -0.1) is 0 Å². The molecule has 0 spiro atoms. The lowest BCUT2D eigenvalue weighted by molar-refractivity contribution is 0.528. The van der Waals surface area contributed by atoms with Gasteiger partial charge in [-0.05, 0) is 30.7 Å². The summed E-state index contributed by atoms with van der Waals surface area (Å²) in [5, 5.41) is 3.88. The van der Waals surface area contributed by atoms with E-state index in [1.54, 1.807) is 18.2 Å². The van der Waals surface area contributed by atoms with Gasteiger partial charge in [0.15, 0.2) is 0 Å². The van der Waals surface area contributed by atoms with Crippen LogP contribution < -0.4 is 11.1 Å². The molecule has 6 heteroatoms. The summed E-state index contributed by atoms with van der Waals surface area (Å²) in [5.74, 6) is -0.0246. The van der Waals surface area contributed by atoms with E-state index in [9.17, 15) is 4.39 Å². The maximum absolute atomic E-state index is 14.1. The van der Waals surface area contributed by atoms with Gasteiger partial charge in [0, 0.05) is 17.8 Å². The molecule has 0 radical (unpaired) electrons. The molecule has 2 rings (SSSR count). The lowest BCUT2D eigenvalue weighted by Crippen LogP contribution is -2.24. The van der Waals surface area contributed by atoms with E-state index in [1.807, 2.05) is 6.92 Å². The van der Waals surface area contributed by atoms with E-state index in [1.165, 1.54) is 12.3 Å². The maximum Gasteiger partial charge on any atom is 0.145 e. The van der Waals surface area contributed by atoms with E-state index >= 15 is 0 Å². The number of halogens is 3. The highest BCUT2D eigenvalue weighted by atomic mass is 35.5. The second-order valence-electron chi connectivity index (χ2n) is 4.66. The summed E-state index contributed by atoms with van der Waals surface area (Å²) < 4.78 is 14.1. The number of benzene rings is 1. The third-order valence-electron chi connectivity index (χ3n) is 3.20. The Kier molecular flexibility index (Phi) is 5.39. The van der Waals surface area contributed by atoms with Crippen LogP contribution in [0, 0.1) is 5.82 Å². The molecular weight excluding hydrogens is 312 g/mol. The Morgan fingerprint density at radius 1 is 1.38 bits per heavy atom. The number of nitrogen functional groups attached to an aromatic ring is 1. The molecule has 0 fully saturated rings. The number of nitrogens with zero attached hydrogens (tertiary/aromatic N) is 1. The fourth-order valence-corrected chi connectivity index (χ4v) is 2.57. The first-order chi connectivity index (χ1) is 10.0. The van der Waals surface area contributed by atoms with Crippen molar-refractivity contribution in [3.63, 3.8) is 0 Å². The molecule has 112 valence electrons. The quantitative estimate of drug-likeness (QED) is 0.872. The highest BCUT2D eigenvalue weighted by Crippen LogP contribution is 2.27. The Labute approximate surface area is 133 Å². The minimum atomic E-state index is -0.407. The predicted octanol–water partition coefficient (Wildman–Crippen LogP) is 4.00. The van der Waals surface area contributed by atoms with Gasteiger partial charge in [0.1, 0.15) is 11.6 Å². The van der Waals surface area contributed by atoms with Gasteiger partial charge in [-0.1, -0.05) is 42.3 Å². The Balaban J connectivity index is 2.35.